The summed E-state index contributed by atoms with van der Waals surface area (Å²) in [5.41, 5.74) is 3.26. The van der Waals surface area contributed by atoms with Gasteiger partial charge in [0.25, 0.3) is 0 Å². The number of nitrogens with zero attached hydrogens (tertiary/aromatic N) is 1. The Kier molecular flexibility index (Phi) is 8.89. The highest BCUT2D eigenvalue weighted by Crippen LogP contribution is 2.38. The quantitative estimate of drug-likeness (QED) is 0.340. The third-order valence-electron chi connectivity index (χ3n) is 6.35. The highest BCUT2D eigenvalue weighted by molar-refractivity contribution is 5.98. The predicted molar refractivity (Wildman–Crippen MR) is 145 cm³/mol. The molecule has 1 aliphatic heterocycles. The maximum Gasteiger partial charge on any atom is 0.336 e. The Balaban J connectivity index is 1.63. The zero-order valence-electron chi connectivity index (χ0n) is 22.4. The number of esters is 2. The van der Waals surface area contributed by atoms with Crippen LogP contribution in [0.2, 0.25) is 0 Å². The summed E-state index contributed by atoms with van der Waals surface area (Å²) >= 11 is 0. The average molecular weight is 530 g/mol. The largest absolute Gasteiger partial charge is 0.493 e. The second-order valence-corrected chi connectivity index (χ2v) is 8.79. The SMILES string of the molecule is COC(=O)C1=CN(Cc2ccc(OC)c(OC)c2)C=C(C(=O)OC)C1c1ccc(OCc2ccccc2)cc1. The second kappa shape index (κ2) is 12.7. The standard InChI is InChI=1S/C31H31NO7/c1-35-27-15-10-22(16-28(27)36-2)17-32-18-25(30(33)37-3)29(26(19-32)31(34)38-4)23-11-13-24(14-12-23)39-20-21-8-6-5-7-9-21/h5-16,18-19,29H,17,20H2,1-4H3. The molecule has 4 rings (SSSR count). The predicted octanol–water partition coefficient (Wildman–Crippen LogP) is 5.00. The highest BCUT2D eigenvalue weighted by Gasteiger charge is 2.35. The molecule has 1 heterocycles. The Labute approximate surface area is 228 Å². The van der Waals surface area contributed by atoms with Crippen LogP contribution in [0.4, 0.5) is 0 Å². The molecule has 39 heavy (non-hydrogen) atoms. The maximum absolute atomic E-state index is 13.0. The van der Waals surface area contributed by atoms with E-state index in [0.29, 0.717) is 41.5 Å². The molecule has 0 saturated carbocycles. The van der Waals surface area contributed by atoms with E-state index in [-0.39, 0.29) is 0 Å². The minimum atomic E-state index is -0.685. The molecule has 8 heteroatoms. The van der Waals surface area contributed by atoms with Gasteiger partial charge in [0, 0.05) is 18.9 Å². The summed E-state index contributed by atoms with van der Waals surface area (Å²) < 4.78 is 26.9. The molecule has 0 atom stereocenters. The molecule has 0 radical (unpaired) electrons. The van der Waals surface area contributed by atoms with Crippen LogP contribution in [0, 0.1) is 0 Å². The van der Waals surface area contributed by atoms with Crippen LogP contribution in [-0.2, 0) is 32.2 Å². The van der Waals surface area contributed by atoms with E-state index >= 15 is 0 Å². The van der Waals surface area contributed by atoms with Crippen molar-refractivity contribution in [1.82, 2.24) is 4.90 Å². The minimum absolute atomic E-state index is 0.304. The molecule has 0 fully saturated rings. The number of hydrogen-bond donors (Lipinski definition) is 0. The lowest BCUT2D eigenvalue weighted by atomic mass is 9.83. The van der Waals surface area contributed by atoms with Crippen LogP contribution < -0.4 is 14.2 Å². The number of hydrogen-bond acceptors (Lipinski definition) is 8. The highest BCUT2D eigenvalue weighted by atomic mass is 16.5. The van der Waals surface area contributed by atoms with Crippen molar-refractivity contribution < 1.29 is 33.3 Å². The van der Waals surface area contributed by atoms with Gasteiger partial charge < -0.3 is 28.6 Å². The fourth-order valence-electron chi connectivity index (χ4n) is 4.43. The molecule has 0 spiro atoms. The van der Waals surface area contributed by atoms with E-state index in [1.807, 2.05) is 66.7 Å². The van der Waals surface area contributed by atoms with Crippen molar-refractivity contribution in [2.75, 3.05) is 28.4 Å². The zero-order chi connectivity index (χ0) is 27.8. The number of ether oxygens (including phenoxy) is 5. The molecule has 0 unspecified atom stereocenters. The first-order valence-corrected chi connectivity index (χ1v) is 12.3. The monoisotopic (exact) mass is 529 g/mol. The second-order valence-electron chi connectivity index (χ2n) is 8.79. The lowest BCUT2D eigenvalue weighted by Crippen LogP contribution is -2.28. The van der Waals surface area contributed by atoms with Crippen LogP contribution >= 0.6 is 0 Å². The van der Waals surface area contributed by atoms with Gasteiger partial charge in [-0.2, -0.15) is 0 Å². The summed E-state index contributed by atoms with van der Waals surface area (Å²) in [6.45, 7) is 0.787. The van der Waals surface area contributed by atoms with Crippen molar-refractivity contribution in [1.29, 1.82) is 0 Å². The molecular weight excluding hydrogens is 498 g/mol. The fraction of sp³-hybridized carbons (Fsp3) is 0.226. The van der Waals surface area contributed by atoms with Gasteiger partial charge in [-0.25, -0.2) is 9.59 Å². The van der Waals surface area contributed by atoms with E-state index in [9.17, 15) is 9.59 Å². The van der Waals surface area contributed by atoms with Gasteiger partial charge in [-0.05, 0) is 41.0 Å². The number of methoxy groups -OCH3 is 4. The van der Waals surface area contributed by atoms with E-state index in [2.05, 4.69) is 0 Å². The first kappa shape index (κ1) is 27.3. The van der Waals surface area contributed by atoms with E-state index in [0.717, 1.165) is 16.7 Å². The van der Waals surface area contributed by atoms with Crippen LogP contribution in [0.15, 0.2) is 96.3 Å². The summed E-state index contributed by atoms with van der Waals surface area (Å²) in [6, 6.07) is 22.7. The molecule has 0 aromatic heterocycles. The van der Waals surface area contributed by atoms with E-state index in [1.54, 1.807) is 37.6 Å². The third kappa shape index (κ3) is 6.41. The normalized spacial score (nSPS) is 13.2. The van der Waals surface area contributed by atoms with E-state index < -0.39 is 17.9 Å². The first-order chi connectivity index (χ1) is 19.0. The van der Waals surface area contributed by atoms with Crippen LogP contribution in [0.5, 0.6) is 17.2 Å². The van der Waals surface area contributed by atoms with Crippen molar-refractivity contribution in [3.05, 3.63) is 113 Å². The van der Waals surface area contributed by atoms with Crippen molar-refractivity contribution in [3.8, 4) is 17.2 Å². The van der Waals surface area contributed by atoms with Gasteiger partial charge >= 0.3 is 11.9 Å². The number of carbonyl (C=O) groups is 2. The van der Waals surface area contributed by atoms with E-state index in [1.165, 1.54) is 14.2 Å². The molecule has 202 valence electrons. The average Bonchev–Trinajstić information content (AvgIpc) is 2.99. The van der Waals surface area contributed by atoms with Crippen LogP contribution in [-0.4, -0.2) is 45.3 Å². The van der Waals surface area contributed by atoms with Gasteiger partial charge in [-0.1, -0.05) is 48.5 Å². The van der Waals surface area contributed by atoms with Crippen molar-refractivity contribution in [2.45, 2.75) is 19.1 Å². The molecule has 8 nitrogen and oxygen atoms in total. The van der Waals surface area contributed by atoms with Gasteiger partial charge in [0.1, 0.15) is 12.4 Å². The fourth-order valence-corrected chi connectivity index (χ4v) is 4.43. The summed E-state index contributed by atoms with van der Waals surface area (Å²) in [6.07, 6.45) is 3.39. The lowest BCUT2D eigenvalue weighted by Gasteiger charge is -2.30. The smallest absolute Gasteiger partial charge is 0.336 e. The molecular formula is C31H31NO7. The van der Waals surface area contributed by atoms with Crippen LogP contribution in [0.3, 0.4) is 0 Å². The van der Waals surface area contributed by atoms with E-state index in [4.69, 9.17) is 23.7 Å². The summed E-state index contributed by atoms with van der Waals surface area (Å²) in [5, 5.41) is 0. The molecule has 0 saturated heterocycles. The topological polar surface area (TPSA) is 83.5 Å². The molecule has 0 bridgehead atoms. The minimum Gasteiger partial charge on any atom is -0.493 e. The Bertz CT molecular complexity index is 1330. The van der Waals surface area contributed by atoms with Crippen LogP contribution in [0.1, 0.15) is 22.6 Å². The van der Waals surface area contributed by atoms with Gasteiger partial charge in [0.15, 0.2) is 11.5 Å². The number of benzene rings is 3. The molecule has 0 aliphatic carbocycles. The molecule has 3 aromatic rings. The molecule has 3 aromatic carbocycles. The molecule has 0 amide bonds. The van der Waals surface area contributed by atoms with Gasteiger partial charge in [-0.15, -0.1) is 0 Å². The summed E-state index contributed by atoms with van der Waals surface area (Å²) in [5.74, 6) is 0.0735. The van der Waals surface area contributed by atoms with Crippen molar-refractivity contribution >= 4 is 11.9 Å². The number of rotatable bonds is 10. The Hall–Kier alpha value is -4.72. The Morgan fingerprint density at radius 1 is 0.718 bits per heavy atom. The lowest BCUT2D eigenvalue weighted by molar-refractivity contribution is -0.137. The third-order valence-corrected chi connectivity index (χ3v) is 6.35. The summed E-state index contributed by atoms with van der Waals surface area (Å²) in [7, 11) is 5.77. The number of carbonyl (C=O) groups excluding carboxylic acids is 2. The first-order valence-electron chi connectivity index (χ1n) is 12.3. The maximum atomic E-state index is 13.0. The summed E-state index contributed by atoms with van der Waals surface area (Å²) in [4.78, 5) is 27.7. The Morgan fingerprint density at radius 3 is 1.90 bits per heavy atom. The van der Waals surface area contributed by atoms with Crippen LogP contribution in [0.25, 0.3) is 0 Å². The van der Waals surface area contributed by atoms with Gasteiger partial charge in [0.2, 0.25) is 0 Å². The molecule has 1 aliphatic rings. The molecule has 0 N–H and O–H groups in total. The van der Waals surface area contributed by atoms with Crippen molar-refractivity contribution in [2.24, 2.45) is 0 Å². The van der Waals surface area contributed by atoms with Gasteiger partial charge in [0.05, 0.1) is 45.5 Å². The zero-order valence-corrected chi connectivity index (χ0v) is 22.4. The van der Waals surface area contributed by atoms with Crippen molar-refractivity contribution in [3.63, 3.8) is 0 Å². The Morgan fingerprint density at radius 2 is 1.33 bits per heavy atom. The van der Waals surface area contributed by atoms with Gasteiger partial charge in [-0.3, -0.25) is 0 Å².